The average molecular weight is 354 g/mol. The van der Waals surface area contributed by atoms with E-state index in [1.165, 1.54) is 0 Å². The largest absolute Gasteiger partial charge is 0.444 e. The highest BCUT2D eigenvalue weighted by atomic mass is 16.6. The summed E-state index contributed by atoms with van der Waals surface area (Å²) < 4.78 is 5.19. The number of carbonyl (C=O) groups excluding carboxylic acids is 2. The van der Waals surface area contributed by atoms with E-state index in [4.69, 9.17) is 4.74 Å². The Balaban J connectivity index is 1.95. The smallest absolute Gasteiger partial charge is 0.407 e. The quantitative estimate of drug-likeness (QED) is 0.844. The van der Waals surface area contributed by atoms with E-state index in [2.05, 4.69) is 10.6 Å². The van der Waals surface area contributed by atoms with E-state index in [0.29, 0.717) is 12.1 Å². The normalized spacial score (nSPS) is 11.0. The summed E-state index contributed by atoms with van der Waals surface area (Å²) >= 11 is 0. The predicted octanol–water partition coefficient (Wildman–Crippen LogP) is 4.58. The summed E-state index contributed by atoms with van der Waals surface area (Å²) in [7, 11) is 0. The molecule has 2 N–H and O–H groups in total. The topological polar surface area (TPSA) is 67.4 Å². The molecular formula is C21H26N2O3. The van der Waals surface area contributed by atoms with Crippen LogP contribution >= 0.6 is 0 Å². The zero-order chi connectivity index (χ0) is 19.3. The van der Waals surface area contributed by atoms with Crippen molar-refractivity contribution < 1.29 is 14.3 Å². The fourth-order valence-electron chi connectivity index (χ4n) is 2.34. The molecule has 0 fully saturated rings. The van der Waals surface area contributed by atoms with Gasteiger partial charge in [0, 0.05) is 17.8 Å². The SMILES string of the molecule is Cc1cccc(NC(=O)c2ccc(CNC(=O)OC(C)(C)C)cc2)c1C. The number of aryl methyl sites for hydroxylation is 1. The van der Waals surface area contributed by atoms with Gasteiger partial charge in [-0.25, -0.2) is 4.79 Å². The zero-order valence-electron chi connectivity index (χ0n) is 16.0. The van der Waals surface area contributed by atoms with Crippen LogP contribution in [-0.2, 0) is 11.3 Å². The van der Waals surface area contributed by atoms with Gasteiger partial charge >= 0.3 is 6.09 Å². The molecule has 0 unspecified atom stereocenters. The molecule has 0 aliphatic rings. The van der Waals surface area contributed by atoms with Gasteiger partial charge in [0.05, 0.1) is 0 Å². The van der Waals surface area contributed by atoms with Crippen LogP contribution < -0.4 is 10.6 Å². The number of benzene rings is 2. The third kappa shape index (κ3) is 5.62. The van der Waals surface area contributed by atoms with Crippen molar-refractivity contribution in [3.05, 3.63) is 64.7 Å². The second-order valence-corrected chi connectivity index (χ2v) is 7.25. The van der Waals surface area contributed by atoms with E-state index in [-0.39, 0.29) is 5.91 Å². The number of hydrogen-bond donors (Lipinski definition) is 2. The highest BCUT2D eigenvalue weighted by molar-refractivity contribution is 6.04. The standard InChI is InChI=1S/C21H26N2O3/c1-14-7-6-8-18(15(14)2)23-19(24)17-11-9-16(10-12-17)13-22-20(25)26-21(3,4)5/h6-12H,13H2,1-5H3,(H,22,25)(H,23,24). The highest BCUT2D eigenvalue weighted by Crippen LogP contribution is 2.19. The Bertz CT molecular complexity index is 790. The van der Waals surface area contributed by atoms with E-state index in [1.807, 2.05) is 65.0 Å². The predicted molar refractivity (Wildman–Crippen MR) is 103 cm³/mol. The van der Waals surface area contributed by atoms with Gasteiger partial charge < -0.3 is 15.4 Å². The Kier molecular flexibility index (Phi) is 6.03. The van der Waals surface area contributed by atoms with Crippen LogP contribution in [0.25, 0.3) is 0 Å². The highest BCUT2D eigenvalue weighted by Gasteiger charge is 2.15. The van der Waals surface area contributed by atoms with Gasteiger partial charge in [-0.1, -0.05) is 24.3 Å². The minimum absolute atomic E-state index is 0.162. The molecule has 5 nitrogen and oxygen atoms in total. The zero-order valence-corrected chi connectivity index (χ0v) is 16.0. The van der Waals surface area contributed by atoms with Crippen molar-refractivity contribution in [2.75, 3.05) is 5.32 Å². The molecule has 0 spiro atoms. The van der Waals surface area contributed by atoms with Crippen molar-refractivity contribution in [2.45, 2.75) is 46.8 Å². The van der Waals surface area contributed by atoms with E-state index in [1.54, 1.807) is 12.1 Å². The molecule has 0 aliphatic carbocycles. The summed E-state index contributed by atoms with van der Waals surface area (Å²) in [5.74, 6) is -0.162. The van der Waals surface area contributed by atoms with Crippen LogP contribution in [0.4, 0.5) is 10.5 Å². The van der Waals surface area contributed by atoms with E-state index in [0.717, 1.165) is 22.4 Å². The molecule has 2 amide bonds. The van der Waals surface area contributed by atoms with Gasteiger partial charge in [-0.3, -0.25) is 4.79 Å². The van der Waals surface area contributed by atoms with Crippen LogP contribution in [0, 0.1) is 13.8 Å². The molecule has 0 saturated carbocycles. The van der Waals surface area contributed by atoms with Crippen molar-refractivity contribution in [3.63, 3.8) is 0 Å². The first-order chi connectivity index (χ1) is 12.2. The van der Waals surface area contributed by atoms with Crippen LogP contribution in [-0.4, -0.2) is 17.6 Å². The summed E-state index contributed by atoms with van der Waals surface area (Å²) in [6.07, 6.45) is -0.464. The number of hydrogen-bond acceptors (Lipinski definition) is 3. The van der Waals surface area contributed by atoms with Crippen molar-refractivity contribution >= 4 is 17.7 Å². The third-order valence-corrected chi connectivity index (χ3v) is 3.90. The molecule has 0 radical (unpaired) electrons. The van der Waals surface area contributed by atoms with Crippen LogP contribution in [0.15, 0.2) is 42.5 Å². The Morgan fingerprint density at radius 3 is 2.27 bits per heavy atom. The lowest BCUT2D eigenvalue weighted by Gasteiger charge is -2.19. The first-order valence-corrected chi connectivity index (χ1v) is 8.59. The lowest BCUT2D eigenvalue weighted by molar-refractivity contribution is 0.0523. The van der Waals surface area contributed by atoms with Gasteiger partial charge in [0.25, 0.3) is 5.91 Å². The average Bonchev–Trinajstić information content (AvgIpc) is 2.56. The molecule has 2 aromatic carbocycles. The second-order valence-electron chi connectivity index (χ2n) is 7.25. The number of alkyl carbamates (subject to hydrolysis) is 1. The number of nitrogens with one attached hydrogen (secondary N) is 2. The van der Waals surface area contributed by atoms with E-state index in [9.17, 15) is 9.59 Å². The van der Waals surface area contributed by atoms with Gasteiger partial charge in [0.2, 0.25) is 0 Å². The molecule has 5 heteroatoms. The molecule has 2 aromatic rings. The monoisotopic (exact) mass is 354 g/mol. The van der Waals surface area contributed by atoms with Crippen molar-refractivity contribution in [3.8, 4) is 0 Å². The van der Waals surface area contributed by atoms with Crippen LogP contribution in [0.1, 0.15) is 47.8 Å². The van der Waals surface area contributed by atoms with Crippen LogP contribution in [0.5, 0.6) is 0 Å². The van der Waals surface area contributed by atoms with Crippen molar-refractivity contribution in [1.29, 1.82) is 0 Å². The molecule has 0 aliphatic heterocycles. The molecule has 0 bridgehead atoms. The van der Waals surface area contributed by atoms with Gasteiger partial charge in [0.15, 0.2) is 0 Å². The Hall–Kier alpha value is -2.82. The first-order valence-electron chi connectivity index (χ1n) is 8.59. The van der Waals surface area contributed by atoms with E-state index < -0.39 is 11.7 Å². The van der Waals surface area contributed by atoms with Gasteiger partial charge in [-0.05, 0) is 69.5 Å². The molecule has 0 atom stereocenters. The summed E-state index contributed by atoms with van der Waals surface area (Å²) in [5.41, 5.74) is 3.92. The van der Waals surface area contributed by atoms with Gasteiger partial charge in [0.1, 0.15) is 5.60 Å². The number of amides is 2. The fraction of sp³-hybridized carbons (Fsp3) is 0.333. The molecule has 0 heterocycles. The number of anilines is 1. The minimum atomic E-state index is -0.528. The lowest BCUT2D eigenvalue weighted by atomic mass is 10.1. The van der Waals surface area contributed by atoms with Crippen LogP contribution in [0.3, 0.4) is 0 Å². The van der Waals surface area contributed by atoms with Crippen molar-refractivity contribution in [1.82, 2.24) is 5.32 Å². The minimum Gasteiger partial charge on any atom is -0.444 e. The Morgan fingerprint density at radius 2 is 1.65 bits per heavy atom. The summed E-state index contributed by atoms with van der Waals surface area (Å²) in [6.45, 7) is 9.78. The summed E-state index contributed by atoms with van der Waals surface area (Å²) in [5, 5.41) is 5.63. The number of carbonyl (C=O) groups is 2. The second kappa shape index (κ2) is 8.04. The van der Waals surface area contributed by atoms with Gasteiger partial charge in [-0.15, -0.1) is 0 Å². The Morgan fingerprint density at radius 1 is 1.00 bits per heavy atom. The van der Waals surface area contributed by atoms with Gasteiger partial charge in [-0.2, -0.15) is 0 Å². The molecule has 0 aromatic heterocycles. The Labute approximate surface area is 154 Å². The van der Waals surface area contributed by atoms with E-state index >= 15 is 0 Å². The number of ether oxygens (including phenoxy) is 1. The molecule has 2 rings (SSSR count). The summed E-state index contributed by atoms with van der Waals surface area (Å²) in [6, 6.07) is 12.9. The third-order valence-electron chi connectivity index (χ3n) is 3.90. The lowest BCUT2D eigenvalue weighted by Crippen LogP contribution is -2.32. The van der Waals surface area contributed by atoms with Crippen LogP contribution in [0.2, 0.25) is 0 Å². The first kappa shape index (κ1) is 19.5. The van der Waals surface area contributed by atoms with Crippen molar-refractivity contribution in [2.24, 2.45) is 0 Å². The maximum absolute atomic E-state index is 12.4. The maximum Gasteiger partial charge on any atom is 0.407 e. The summed E-state index contributed by atoms with van der Waals surface area (Å²) in [4.78, 5) is 24.1. The molecule has 0 saturated heterocycles. The fourth-order valence-corrected chi connectivity index (χ4v) is 2.34. The molecular weight excluding hydrogens is 328 g/mol. The molecule has 138 valence electrons. The molecule has 26 heavy (non-hydrogen) atoms. The number of rotatable bonds is 4. The maximum atomic E-state index is 12.4.